The highest BCUT2D eigenvalue weighted by atomic mass is 19.1. The van der Waals surface area contributed by atoms with Gasteiger partial charge in [0.05, 0.1) is 6.61 Å². The van der Waals surface area contributed by atoms with Crippen molar-refractivity contribution >= 4 is 6.29 Å². The van der Waals surface area contributed by atoms with Gasteiger partial charge in [0.1, 0.15) is 11.7 Å². The molecule has 80 valence electrons. The number of carbonyl (C=O) groups excluding carboxylic acids is 1. The first-order valence-corrected chi connectivity index (χ1v) is 4.52. The fourth-order valence-corrected chi connectivity index (χ4v) is 1.80. The standard InChI is InChI=1S/C9H13FO4/c1-7(2)13-3-6(14-7)9(12)4-8(9,10)5-11/h5-6,12H,3-4H2,1-2H3/t6-,8+,9-/m1/s1. The summed E-state index contributed by atoms with van der Waals surface area (Å²) in [6.45, 7) is 3.47. The number of carbonyl (C=O) groups is 1. The fraction of sp³-hybridized carbons (Fsp3) is 0.889. The molecule has 1 saturated heterocycles. The first-order chi connectivity index (χ1) is 6.33. The van der Waals surface area contributed by atoms with Crippen molar-refractivity contribution in [3.8, 4) is 0 Å². The van der Waals surface area contributed by atoms with Crippen LogP contribution >= 0.6 is 0 Å². The molecule has 0 unspecified atom stereocenters. The third-order valence-electron chi connectivity index (χ3n) is 2.85. The highest BCUT2D eigenvalue weighted by molar-refractivity contribution is 5.72. The molecule has 2 fully saturated rings. The third-order valence-corrected chi connectivity index (χ3v) is 2.85. The Balaban J connectivity index is 2.09. The van der Waals surface area contributed by atoms with Gasteiger partial charge in [-0.1, -0.05) is 0 Å². The minimum atomic E-state index is -2.15. The van der Waals surface area contributed by atoms with Gasteiger partial charge in [-0.05, 0) is 13.8 Å². The van der Waals surface area contributed by atoms with Crippen molar-refractivity contribution in [1.29, 1.82) is 0 Å². The fourth-order valence-electron chi connectivity index (χ4n) is 1.80. The minimum Gasteiger partial charge on any atom is -0.383 e. The number of aliphatic hydroxyl groups is 1. The predicted octanol–water partition coefficient (Wildman–Crippen LogP) is 0.180. The zero-order valence-corrected chi connectivity index (χ0v) is 8.12. The van der Waals surface area contributed by atoms with Gasteiger partial charge in [-0.2, -0.15) is 0 Å². The van der Waals surface area contributed by atoms with Crippen molar-refractivity contribution in [1.82, 2.24) is 0 Å². The van der Waals surface area contributed by atoms with Gasteiger partial charge in [0.15, 0.2) is 17.7 Å². The van der Waals surface area contributed by atoms with E-state index >= 15 is 0 Å². The molecular formula is C9H13FO4. The number of alkyl halides is 1. The van der Waals surface area contributed by atoms with E-state index in [2.05, 4.69) is 0 Å². The molecule has 0 radical (unpaired) electrons. The maximum atomic E-state index is 13.4. The van der Waals surface area contributed by atoms with E-state index in [0.717, 1.165) is 0 Å². The molecular weight excluding hydrogens is 191 g/mol. The van der Waals surface area contributed by atoms with Gasteiger partial charge in [0, 0.05) is 6.42 Å². The van der Waals surface area contributed by atoms with Crippen molar-refractivity contribution in [3.05, 3.63) is 0 Å². The Bertz CT molecular complexity index is 280. The first kappa shape index (κ1) is 10.0. The third kappa shape index (κ3) is 1.20. The lowest BCUT2D eigenvalue weighted by molar-refractivity contribution is -0.160. The molecule has 2 aliphatic rings. The SMILES string of the molecule is CC1(C)OC[C@H]([C@]2(O)C[C@]2(F)C=O)O1. The molecule has 1 heterocycles. The van der Waals surface area contributed by atoms with Crippen LogP contribution in [-0.2, 0) is 14.3 Å². The lowest BCUT2D eigenvalue weighted by atomic mass is 10.1. The summed E-state index contributed by atoms with van der Waals surface area (Å²) in [7, 11) is 0. The van der Waals surface area contributed by atoms with Crippen LogP contribution in [0.1, 0.15) is 20.3 Å². The molecule has 0 aromatic carbocycles. The molecule has 3 atom stereocenters. The monoisotopic (exact) mass is 204 g/mol. The van der Waals surface area contributed by atoms with Gasteiger partial charge in [0.25, 0.3) is 0 Å². The lowest BCUT2D eigenvalue weighted by Gasteiger charge is -2.20. The molecule has 0 spiro atoms. The Morgan fingerprint density at radius 1 is 1.57 bits per heavy atom. The van der Waals surface area contributed by atoms with Gasteiger partial charge in [-0.25, -0.2) is 4.39 Å². The summed E-state index contributed by atoms with van der Waals surface area (Å²) in [5.41, 5.74) is -3.84. The molecule has 1 saturated carbocycles. The Morgan fingerprint density at radius 2 is 2.21 bits per heavy atom. The number of hydrogen-bond donors (Lipinski definition) is 1. The topological polar surface area (TPSA) is 55.8 Å². The van der Waals surface area contributed by atoms with Crippen LogP contribution in [-0.4, -0.2) is 41.2 Å². The first-order valence-electron chi connectivity index (χ1n) is 4.52. The van der Waals surface area contributed by atoms with Gasteiger partial charge >= 0.3 is 0 Å². The quantitative estimate of drug-likeness (QED) is 0.652. The van der Waals surface area contributed by atoms with Crippen molar-refractivity contribution in [2.75, 3.05) is 6.61 Å². The lowest BCUT2D eigenvalue weighted by Crippen LogP contribution is -2.39. The van der Waals surface area contributed by atoms with Crippen molar-refractivity contribution < 1.29 is 23.8 Å². The van der Waals surface area contributed by atoms with Crippen LogP contribution in [0, 0.1) is 0 Å². The van der Waals surface area contributed by atoms with E-state index in [0.29, 0.717) is 0 Å². The van der Waals surface area contributed by atoms with E-state index in [1.165, 1.54) is 0 Å². The summed E-state index contributed by atoms with van der Waals surface area (Å²) >= 11 is 0. The molecule has 2 rings (SSSR count). The van der Waals surface area contributed by atoms with Crippen LogP contribution in [0.5, 0.6) is 0 Å². The van der Waals surface area contributed by atoms with Crippen LogP contribution < -0.4 is 0 Å². The van der Waals surface area contributed by atoms with E-state index in [1.54, 1.807) is 13.8 Å². The Hall–Kier alpha value is -0.520. The van der Waals surface area contributed by atoms with Gasteiger partial charge in [-0.15, -0.1) is 0 Å². The van der Waals surface area contributed by atoms with E-state index in [-0.39, 0.29) is 19.3 Å². The second-order valence-corrected chi connectivity index (χ2v) is 4.40. The molecule has 1 aliphatic heterocycles. The predicted molar refractivity (Wildman–Crippen MR) is 44.4 cm³/mol. The number of ether oxygens (including phenoxy) is 2. The van der Waals surface area contributed by atoms with Crippen molar-refractivity contribution in [2.24, 2.45) is 0 Å². The molecule has 0 aromatic heterocycles. The maximum Gasteiger partial charge on any atom is 0.199 e. The second kappa shape index (κ2) is 2.53. The normalized spacial score (nSPS) is 50.4. The highest BCUT2D eigenvalue weighted by Gasteiger charge is 2.74. The molecule has 0 bridgehead atoms. The molecule has 5 heteroatoms. The highest BCUT2D eigenvalue weighted by Crippen LogP contribution is 2.54. The molecule has 0 amide bonds. The van der Waals surface area contributed by atoms with Gasteiger partial charge in [-0.3, -0.25) is 4.79 Å². The number of aldehydes is 1. The maximum absolute atomic E-state index is 13.4. The molecule has 1 N–H and O–H groups in total. The Morgan fingerprint density at radius 3 is 2.57 bits per heavy atom. The van der Waals surface area contributed by atoms with Crippen LogP contribution in [0.3, 0.4) is 0 Å². The largest absolute Gasteiger partial charge is 0.383 e. The van der Waals surface area contributed by atoms with Crippen LogP contribution in [0.15, 0.2) is 0 Å². The number of halogens is 1. The summed E-state index contributed by atoms with van der Waals surface area (Å²) in [5, 5.41) is 9.77. The van der Waals surface area contributed by atoms with Crippen molar-refractivity contribution in [3.63, 3.8) is 0 Å². The molecule has 0 aromatic rings. The summed E-state index contributed by atoms with van der Waals surface area (Å²) in [5.74, 6) is -0.813. The summed E-state index contributed by atoms with van der Waals surface area (Å²) < 4.78 is 23.9. The Kier molecular flexibility index (Phi) is 1.81. The number of hydrogen-bond acceptors (Lipinski definition) is 4. The zero-order chi connectivity index (χ0) is 10.6. The zero-order valence-electron chi connectivity index (χ0n) is 8.12. The average Bonchev–Trinajstić information content (AvgIpc) is 2.48. The van der Waals surface area contributed by atoms with E-state index in [9.17, 15) is 14.3 Å². The van der Waals surface area contributed by atoms with Gasteiger partial charge in [0.2, 0.25) is 0 Å². The summed E-state index contributed by atoms with van der Waals surface area (Å²) in [4.78, 5) is 10.4. The van der Waals surface area contributed by atoms with Crippen LogP contribution in [0.25, 0.3) is 0 Å². The van der Waals surface area contributed by atoms with E-state index < -0.39 is 23.2 Å². The summed E-state index contributed by atoms with van der Waals surface area (Å²) in [6, 6.07) is 0. The molecule has 14 heavy (non-hydrogen) atoms. The van der Waals surface area contributed by atoms with E-state index in [1.807, 2.05) is 0 Å². The smallest absolute Gasteiger partial charge is 0.199 e. The summed E-state index contributed by atoms with van der Waals surface area (Å²) in [6.07, 6.45) is -0.817. The Labute approximate surface area is 81.0 Å². The van der Waals surface area contributed by atoms with E-state index in [4.69, 9.17) is 9.47 Å². The minimum absolute atomic E-state index is 0.114. The average molecular weight is 204 g/mol. The molecule has 4 nitrogen and oxygen atoms in total. The van der Waals surface area contributed by atoms with Crippen LogP contribution in [0.4, 0.5) is 4.39 Å². The van der Waals surface area contributed by atoms with Gasteiger partial charge < -0.3 is 14.6 Å². The van der Waals surface area contributed by atoms with Crippen LogP contribution in [0.2, 0.25) is 0 Å². The number of rotatable bonds is 2. The second-order valence-electron chi connectivity index (χ2n) is 4.40. The van der Waals surface area contributed by atoms with Crippen molar-refractivity contribution in [2.45, 2.75) is 43.4 Å². The molecule has 1 aliphatic carbocycles.